The number of methoxy groups -OCH3 is 1. The molecule has 3 fully saturated rings. The minimum Gasteiger partial charge on any atom is -0.497 e. The van der Waals surface area contributed by atoms with Gasteiger partial charge in [0.2, 0.25) is 5.88 Å². The van der Waals surface area contributed by atoms with Crippen LogP contribution < -0.4 is 9.47 Å². The molecule has 190 valence electrons. The molecular weight excluding hydrogens is 472 g/mol. The summed E-state index contributed by atoms with van der Waals surface area (Å²) >= 11 is 0. The molecule has 5 atom stereocenters. The second-order valence-electron chi connectivity index (χ2n) is 10.4. The van der Waals surface area contributed by atoms with Crippen LogP contribution in [-0.4, -0.2) is 46.1 Å². The molecule has 0 amide bonds. The fraction of sp³-hybridized carbons (Fsp3) is 0.281. The SMILES string of the molecule is C=C[C@H]1CN2CC[C@H]1C[C@H]2[C@@H](Oc1ccc2ccc3cccnc3c2n1)c1ccnc2ccc(OC)cc12. The van der Waals surface area contributed by atoms with E-state index in [9.17, 15) is 0 Å². The summed E-state index contributed by atoms with van der Waals surface area (Å²) in [6, 6.07) is 20.6. The monoisotopic (exact) mass is 502 g/mol. The second-order valence-corrected chi connectivity index (χ2v) is 10.4. The van der Waals surface area contributed by atoms with E-state index in [0.29, 0.717) is 17.7 Å². The number of rotatable bonds is 6. The van der Waals surface area contributed by atoms with E-state index in [1.807, 2.05) is 36.7 Å². The molecule has 1 unspecified atom stereocenters. The van der Waals surface area contributed by atoms with E-state index in [-0.39, 0.29) is 12.1 Å². The van der Waals surface area contributed by atoms with Gasteiger partial charge in [-0.3, -0.25) is 14.9 Å². The first kappa shape index (κ1) is 23.1. The van der Waals surface area contributed by atoms with E-state index in [1.54, 1.807) is 7.11 Å². The van der Waals surface area contributed by atoms with E-state index in [4.69, 9.17) is 14.5 Å². The molecule has 0 aliphatic carbocycles. The zero-order valence-corrected chi connectivity index (χ0v) is 21.5. The summed E-state index contributed by atoms with van der Waals surface area (Å²) in [6.45, 7) is 6.21. The lowest BCUT2D eigenvalue weighted by atomic mass is 9.73. The molecule has 0 spiro atoms. The Morgan fingerprint density at radius 3 is 2.68 bits per heavy atom. The highest BCUT2D eigenvalue weighted by molar-refractivity contribution is 6.02. The molecule has 38 heavy (non-hydrogen) atoms. The fourth-order valence-corrected chi connectivity index (χ4v) is 6.46. The first-order chi connectivity index (χ1) is 18.7. The predicted molar refractivity (Wildman–Crippen MR) is 150 cm³/mol. The van der Waals surface area contributed by atoms with Crippen LogP contribution >= 0.6 is 0 Å². The normalized spacial score (nSPS) is 23.5. The van der Waals surface area contributed by atoms with E-state index >= 15 is 0 Å². The van der Waals surface area contributed by atoms with Crippen LogP contribution in [0.2, 0.25) is 0 Å². The number of fused-ring (bicyclic) bond motifs is 7. The minimum absolute atomic E-state index is 0.214. The number of aromatic nitrogens is 3. The van der Waals surface area contributed by atoms with Gasteiger partial charge in [0.05, 0.1) is 24.2 Å². The van der Waals surface area contributed by atoms with Crippen molar-refractivity contribution in [2.75, 3.05) is 20.2 Å². The highest BCUT2D eigenvalue weighted by Crippen LogP contribution is 2.44. The first-order valence-corrected chi connectivity index (χ1v) is 13.3. The van der Waals surface area contributed by atoms with Crippen molar-refractivity contribution in [3.8, 4) is 11.6 Å². The number of hydrogen-bond acceptors (Lipinski definition) is 6. The fourth-order valence-electron chi connectivity index (χ4n) is 6.46. The number of piperidine rings is 3. The molecule has 3 aliphatic rings. The molecule has 2 bridgehead atoms. The van der Waals surface area contributed by atoms with E-state index in [2.05, 4.69) is 63.9 Å². The van der Waals surface area contributed by atoms with Crippen molar-refractivity contribution in [3.63, 3.8) is 0 Å². The highest BCUT2D eigenvalue weighted by Gasteiger charge is 2.44. The standard InChI is InChI=1S/C32H30N4O2/c1-3-20-19-36-16-13-23(20)17-28(36)32(25-12-15-33-27-10-9-24(37-2)18-26(25)27)38-29-11-8-22-7-6-21-5-4-14-34-30(21)31(22)35-29/h3-12,14-15,18,20,23,28,32H,1,13,16-17,19H2,2H3/t20-,23-,28-,32-/m0/s1. The molecule has 6 nitrogen and oxygen atoms in total. The van der Waals surface area contributed by atoms with Crippen molar-refractivity contribution in [2.45, 2.75) is 25.0 Å². The summed E-state index contributed by atoms with van der Waals surface area (Å²) in [6.07, 6.45) is 7.89. The highest BCUT2D eigenvalue weighted by atomic mass is 16.5. The van der Waals surface area contributed by atoms with Crippen LogP contribution in [0.1, 0.15) is 24.5 Å². The van der Waals surface area contributed by atoms with Gasteiger partial charge < -0.3 is 9.47 Å². The molecule has 6 heterocycles. The van der Waals surface area contributed by atoms with E-state index in [0.717, 1.165) is 63.5 Å². The van der Waals surface area contributed by atoms with Gasteiger partial charge >= 0.3 is 0 Å². The smallest absolute Gasteiger partial charge is 0.214 e. The Labute approximate surface area is 221 Å². The Hall–Kier alpha value is -4.03. The van der Waals surface area contributed by atoms with Crippen LogP contribution in [0.15, 0.2) is 85.7 Å². The van der Waals surface area contributed by atoms with E-state index < -0.39 is 0 Å². The summed E-state index contributed by atoms with van der Waals surface area (Å²) in [5, 5.41) is 3.17. The molecule has 0 saturated carbocycles. The van der Waals surface area contributed by atoms with Gasteiger partial charge in [-0.15, -0.1) is 6.58 Å². The average molecular weight is 503 g/mol. The third-order valence-corrected chi connectivity index (χ3v) is 8.45. The maximum absolute atomic E-state index is 6.93. The average Bonchev–Trinajstić information content (AvgIpc) is 2.99. The Morgan fingerprint density at radius 1 is 1.00 bits per heavy atom. The number of ether oxygens (including phenoxy) is 2. The van der Waals surface area contributed by atoms with Crippen molar-refractivity contribution in [2.24, 2.45) is 11.8 Å². The number of hydrogen-bond donors (Lipinski definition) is 0. The summed E-state index contributed by atoms with van der Waals surface area (Å²) in [4.78, 5) is 16.9. The third-order valence-electron chi connectivity index (χ3n) is 8.45. The Balaban J connectivity index is 1.36. The molecule has 0 radical (unpaired) electrons. The van der Waals surface area contributed by atoms with Crippen LogP contribution in [0.25, 0.3) is 32.7 Å². The number of pyridine rings is 3. The van der Waals surface area contributed by atoms with Crippen molar-refractivity contribution < 1.29 is 9.47 Å². The molecular formula is C32H30N4O2. The molecule has 2 aromatic carbocycles. The molecule has 8 rings (SSSR count). The summed E-state index contributed by atoms with van der Waals surface area (Å²) in [5.74, 6) is 2.57. The molecule has 3 saturated heterocycles. The van der Waals surface area contributed by atoms with Crippen molar-refractivity contribution in [3.05, 3.63) is 91.3 Å². The van der Waals surface area contributed by atoms with E-state index in [1.165, 1.54) is 6.42 Å². The topological polar surface area (TPSA) is 60.4 Å². The van der Waals surface area contributed by atoms with Gasteiger partial charge in [-0.2, -0.15) is 0 Å². The summed E-state index contributed by atoms with van der Waals surface area (Å²) in [5.41, 5.74) is 3.79. The maximum Gasteiger partial charge on any atom is 0.214 e. The van der Waals surface area contributed by atoms with Gasteiger partial charge in [-0.05, 0) is 67.6 Å². The third kappa shape index (κ3) is 3.87. The molecule has 3 aliphatic heterocycles. The Morgan fingerprint density at radius 2 is 1.87 bits per heavy atom. The van der Waals surface area contributed by atoms with Crippen LogP contribution in [0.5, 0.6) is 11.6 Å². The predicted octanol–water partition coefficient (Wildman–Crippen LogP) is 6.36. The maximum atomic E-state index is 6.93. The Kier molecular flexibility index (Phi) is 5.70. The molecule has 0 N–H and O–H groups in total. The number of benzene rings is 2. The quantitative estimate of drug-likeness (QED) is 0.199. The van der Waals surface area contributed by atoms with Crippen molar-refractivity contribution >= 4 is 32.7 Å². The van der Waals surface area contributed by atoms with Gasteiger partial charge in [-0.25, -0.2) is 4.98 Å². The first-order valence-electron chi connectivity index (χ1n) is 13.3. The van der Waals surface area contributed by atoms with Gasteiger partial charge in [0.1, 0.15) is 17.4 Å². The van der Waals surface area contributed by atoms with Gasteiger partial charge in [-0.1, -0.05) is 24.3 Å². The van der Waals surface area contributed by atoms with Crippen LogP contribution in [0.4, 0.5) is 0 Å². The Bertz CT molecular complexity index is 1670. The van der Waals surface area contributed by atoms with Gasteiger partial charge in [0.15, 0.2) is 0 Å². The van der Waals surface area contributed by atoms with Crippen LogP contribution in [-0.2, 0) is 0 Å². The summed E-state index contributed by atoms with van der Waals surface area (Å²) in [7, 11) is 1.70. The second kappa shape index (κ2) is 9.37. The summed E-state index contributed by atoms with van der Waals surface area (Å²) < 4.78 is 12.5. The molecule has 5 aromatic rings. The lowest BCUT2D eigenvalue weighted by Gasteiger charge is -2.51. The lowest BCUT2D eigenvalue weighted by molar-refractivity contribution is -0.0367. The van der Waals surface area contributed by atoms with Crippen LogP contribution in [0.3, 0.4) is 0 Å². The minimum atomic E-state index is -0.214. The molecule has 6 heteroatoms. The van der Waals surface area contributed by atoms with Crippen LogP contribution in [0, 0.1) is 11.8 Å². The zero-order valence-electron chi connectivity index (χ0n) is 21.5. The van der Waals surface area contributed by atoms with Crippen molar-refractivity contribution in [1.82, 2.24) is 19.9 Å². The zero-order chi connectivity index (χ0) is 25.6. The van der Waals surface area contributed by atoms with Gasteiger partial charge in [0, 0.05) is 46.7 Å². The lowest BCUT2D eigenvalue weighted by Crippen LogP contribution is -2.55. The van der Waals surface area contributed by atoms with Gasteiger partial charge in [0.25, 0.3) is 0 Å². The largest absolute Gasteiger partial charge is 0.497 e. The molecule has 3 aromatic heterocycles. The number of nitrogens with zero attached hydrogens (tertiary/aromatic N) is 4. The van der Waals surface area contributed by atoms with Crippen molar-refractivity contribution in [1.29, 1.82) is 0 Å².